The maximum absolute atomic E-state index is 11.5. The van der Waals surface area contributed by atoms with Gasteiger partial charge in [-0.25, -0.2) is 0 Å². The van der Waals surface area contributed by atoms with E-state index in [1.54, 1.807) is 11.0 Å². The van der Waals surface area contributed by atoms with Crippen molar-refractivity contribution in [1.82, 2.24) is 0 Å². The van der Waals surface area contributed by atoms with Gasteiger partial charge in [0.15, 0.2) is 0 Å². The first-order chi connectivity index (χ1) is 7.22. The Morgan fingerprint density at radius 2 is 2.13 bits per heavy atom. The van der Waals surface area contributed by atoms with Crippen LogP contribution in [0.3, 0.4) is 0 Å². The maximum Gasteiger partial charge on any atom is 0.255 e. The largest absolute Gasteiger partial charge is 0.278 e. The van der Waals surface area contributed by atoms with Gasteiger partial charge in [-0.1, -0.05) is 18.7 Å². The molecule has 15 heavy (non-hydrogen) atoms. The van der Waals surface area contributed by atoms with Gasteiger partial charge in [-0.2, -0.15) is 0 Å². The van der Waals surface area contributed by atoms with Crippen LogP contribution in [0.2, 0.25) is 0 Å². The van der Waals surface area contributed by atoms with Gasteiger partial charge < -0.3 is 0 Å². The SMILES string of the molecule is C=C1C=CC(=O)N1c1cccc(CCl)c1. The highest BCUT2D eigenvalue weighted by atomic mass is 35.5. The molecular formula is C12H10ClNO. The Bertz CT molecular complexity index is 433. The molecule has 0 saturated carbocycles. The number of hydrogen-bond donors (Lipinski definition) is 0. The molecule has 0 aliphatic carbocycles. The molecule has 1 aliphatic heterocycles. The predicted octanol–water partition coefficient (Wildman–Crippen LogP) is 2.84. The summed E-state index contributed by atoms with van der Waals surface area (Å²) in [6.07, 6.45) is 3.21. The van der Waals surface area contributed by atoms with Gasteiger partial charge in [-0.05, 0) is 23.8 Å². The summed E-state index contributed by atoms with van der Waals surface area (Å²) in [7, 11) is 0. The molecule has 1 aliphatic rings. The number of allylic oxidation sites excluding steroid dienone is 1. The Kier molecular flexibility index (Phi) is 2.60. The van der Waals surface area contributed by atoms with Crippen molar-refractivity contribution in [3.8, 4) is 0 Å². The lowest BCUT2D eigenvalue weighted by Crippen LogP contribution is -2.22. The fourth-order valence-electron chi connectivity index (χ4n) is 1.53. The molecule has 3 heteroatoms. The molecule has 0 bridgehead atoms. The minimum atomic E-state index is -0.0632. The highest BCUT2D eigenvalue weighted by Gasteiger charge is 2.20. The molecule has 0 aromatic heterocycles. The second kappa shape index (κ2) is 3.91. The first-order valence-electron chi connectivity index (χ1n) is 4.58. The number of hydrogen-bond acceptors (Lipinski definition) is 1. The lowest BCUT2D eigenvalue weighted by Gasteiger charge is -2.17. The summed E-state index contributed by atoms with van der Waals surface area (Å²) in [6.45, 7) is 3.80. The van der Waals surface area contributed by atoms with Crippen LogP contribution in [0.5, 0.6) is 0 Å². The second-order valence-corrected chi connectivity index (χ2v) is 3.57. The average Bonchev–Trinajstić information content (AvgIpc) is 2.59. The number of carbonyl (C=O) groups is 1. The molecule has 0 fully saturated rings. The van der Waals surface area contributed by atoms with Gasteiger partial charge in [-0.15, -0.1) is 11.6 Å². The molecule has 0 spiro atoms. The quantitative estimate of drug-likeness (QED) is 0.701. The standard InChI is InChI=1S/C12H10ClNO/c1-9-5-6-12(15)14(9)11-4-2-3-10(7-11)8-13/h2-7H,1,8H2. The average molecular weight is 220 g/mol. The van der Waals surface area contributed by atoms with Crippen molar-refractivity contribution in [1.29, 1.82) is 0 Å². The molecule has 0 N–H and O–H groups in total. The zero-order valence-electron chi connectivity index (χ0n) is 8.11. The molecule has 2 rings (SSSR count). The number of nitrogens with zero attached hydrogens (tertiary/aromatic N) is 1. The van der Waals surface area contributed by atoms with Crippen LogP contribution in [0.25, 0.3) is 0 Å². The number of anilines is 1. The van der Waals surface area contributed by atoms with E-state index < -0.39 is 0 Å². The van der Waals surface area contributed by atoms with Gasteiger partial charge in [-0.3, -0.25) is 9.69 Å². The third-order valence-corrected chi connectivity index (χ3v) is 2.56. The fraction of sp³-hybridized carbons (Fsp3) is 0.0833. The number of carbonyl (C=O) groups excluding carboxylic acids is 1. The van der Waals surface area contributed by atoms with Crippen molar-refractivity contribution in [3.05, 3.63) is 54.3 Å². The van der Waals surface area contributed by atoms with Crippen molar-refractivity contribution >= 4 is 23.2 Å². The summed E-state index contributed by atoms with van der Waals surface area (Å²) in [5.74, 6) is 0.377. The normalized spacial score (nSPS) is 15.1. The third-order valence-electron chi connectivity index (χ3n) is 2.25. The van der Waals surface area contributed by atoms with Crippen LogP contribution in [-0.2, 0) is 10.7 Å². The summed E-state index contributed by atoms with van der Waals surface area (Å²) >= 11 is 5.74. The molecule has 2 nitrogen and oxygen atoms in total. The van der Waals surface area contributed by atoms with E-state index in [0.717, 1.165) is 11.3 Å². The smallest absolute Gasteiger partial charge is 0.255 e. The Balaban J connectivity index is 2.37. The van der Waals surface area contributed by atoms with Crippen molar-refractivity contribution in [3.63, 3.8) is 0 Å². The van der Waals surface area contributed by atoms with E-state index in [1.165, 1.54) is 6.08 Å². The predicted molar refractivity (Wildman–Crippen MR) is 61.8 cm³/mol. The van der Waals surface area contributed by atoms with E-state index >= 15 is 0 Å². The van der Waals surface area contributed by atoms with Crippen LogP contribution in [0.4, 0.5) is 5.69 Å². The van der Waals surface area contributed by atoms with Crippen molar-refractivity contribution in [2.24, 2.45) is 0 Å². The second-order valence-electron chi connectivity index (χ2n) is 3.30. The van der Waals surface area contributed by atoms with Crippen LogP contribution in [0.15, 0.2) is 48.7 Å². The number of rotatable bonds is 2. The topological polar surface area (TPSA) is 20.3 Å². The number of benzene rings is 1. The third kappa shape index (κ3) is 1.81. The van der Waals surface area contributed by atoms with E-state index in [-0.39, 0.29) is 5.91 Å². The van der Waals surface area contributed by atoms with E-state index in [2.05, 4.69) is 6.58 Å². The van der Waals surface area contributed by atoms with Crippen molar-refractivity contribution in [2.45, 2.75) is 5.88 Å². The first kappa shape index (κ1) is 9.99. The molecule has 1 aromatic carbocycles. The zero-order valence-corrected chi connectivity index (χ0v) is 8.87. The van der Waals surface area contributed by atoms with Crippen molar-refractivity contribution in [2.75, 3.05) is 4.90 Å². The number of amides is 1. The van der Waals surface area contributed by atoms with E-state index in [9.17, 15) is 4.79 Å². The molecule has 0 saturated heterocycles. The number of halogens is 1. The molecule has 1 amide bonds. The van der Waals surface area contributed by atoms with Crippen LogP contribution >= 0.6 is 11.6 Å². The molecule has 1 heterocycles. The summed E-state index contributed by atoms with van der Waals surface area (Å²) in [4.78, 5) is 13.1. The molecule has 0 unspecified atom stereocenters. The lowest BCUT2D eigenvalue weighted by molar-refractivity contribution is -0.113. The molecule has 0 radical (unpaired) electrons. The Morgan fingerprint density at radius 3 is 2.73 bits per heavy atom. The monoisotopic (exact) mass is 219 g/mol. The minimum Gasteiger partial charge on any atom is -0.278 e. The summed E-state index contributed by atoms with van der Waals surface area (Å²) < 4.78 is 0. The van der Waals surface area contributed by atoms with E-state index in [0.29, 0.717) is 11.6 Å². The van der Waals surface area contributed by atoms with Gasteiger partial charge in [0, 0.05) is 23.3 Å². The van der Waals surface area contributed by atoms with Gasteiger partial charge in [0.2, 0.25) is 0 Å². The van der Waals surface area contributed by atoms with Gasteiger partial charge in [0.05, 0.1) is 0 Å². The zero-order chi connectivity index (χ0) is 10.8. The Morgan fingerprint density at radius 1 is 1.33 bits per heavy atom. The van der Waals surface area contributed by atoms with Crippen molar-refractivity contribution < 1.29 is 4.79 Å². The van der Waals surface area contributed by atoms with E-state index in [1.807, 2.05) is 24.3 Å². The number of alkyl halides is 1. The van der Waals surface area contributed by atoms with Gasteiger partial charge >= 0.3 is 0 Å². The molecule has 0 atom stereocenters. The van der Waals surface area contributed by atoms with Crippen LogP contribution < -0.4 is 4.90 Å². The summed E-state index contributed by atoms with van der Waals surface area (Å²) in [5, 5.41) is 0. The van der Waals surface area contributed by atoms with Crippen LogP contribution in [0, 0.1) is 0 Å². The Hall–Kier alpha value is -1.54. The summed E-state index contributed by atoms with van der Waals surface area (Å²) in [5.41, 5.74) is 2.49. The summed E-state index contributed by atoms with van der Waals surface area (Å²) in [6, 6.07) is 7.56. The highest BCUT2D eigenvalue weighted by molar-refractivity contribution is 6.17. The maximum atomic E-state index is 11.5. The fourth-order valence-corrected chi connectivity index (χ4v) is 1.70. The first-order valence-corrected chi connectivity index (χ1v) is 5.12. The highest BCUT2D eigenvalue weighted by Crippen LogP contribution is 2.24. The lowest BCUT2D eigenvalue weighted by atomic mass is 10.2. The minimum absolute atomic E-state index is 0.0632. The van der Waals surface area contributed by atoms with Gasteiger partial charge in [0.1, 0.15) is 0 Å². The molecule has 76 valence electrons. The van der Waals surface area contributed by atoms with Crippen LogP contribution in [-0.4, -0.2) is 5.91 Å². The van der Waals surface area contributed by atoms with Gasteiger partial charge in [0.25, 0.3) is 5.91 Å². The van der Waals surface area contributed by atoms with Crippen LogP contribution in [0.1, 0.15) is 5.56 Å². The molecular weight excluding hydrogens is 210 g/mol. The Labute approximate surface area is 93.5 Å². The van der Waals surface area contributed by atoms with E-state index in [4.69, 9.17) is 11.6 Å². The molecule has 1 aromatic rings.